The molecular weight excluding hydrogens is 280 g/mol. The Kier molecular flexibility index (Phi) is 3.49. The van der Waals surface area contributed by atoms with Gasteiger partial charge in [0, 0.05) is 6.20 Å². The monoisotopic (exact) mass is 289 g/mol. The second-order valence-corrected chi connectivity index (χ2v) is 5.24. The van der Waals surface area contributed by atoms with Crippen LogP contribution in [0.1, 0.15) is 5.56 Å². The Morgan fingerprint density at radius 1 is 1.37 bits per heavy atom. The maximum atomic E-state index is 13.8. The van der Waals surface area contributed by atoms with Gasteiger partial charge < -0.3 is 5.11 Å². The van der Waals surface area contributed by atoms with Crippen LogP contribution in [0, 0.1) is 11.6 Å². The Morgan fingerprint density at radius 3 is 2.68 bits per heavy atom. The molecule has 0 fully saturated rings. The van der Waals surface area contributed by atoms with Crippen molar-refractivity contribution in [1.82, 2.24) is 10.2 Å². The van der Waals surface area contributed by atoms with E-state index in [2.05, 4.69) is 14.9 Å². The van der Waals surface area contributed by atoms with E-state index in [1.54, 1.807) is 0 Å². The van der Waals surface area contributed by atoms with Crippen LogP contribution in [0.3, 0.4) is 0 Å². The van der Waals surface area contributed by atoms with E-state index in [-0.39, 0.29) is 5.69 Å². The van der Waals surface area contributed by atoms with E-state index in [1.165, 1.54) is 12.4 Å². The largest absolute Gasteiger partial charge is 0.391 e. The van der Waals surface area contributed by atoms with Gasteiger partial charge in [0.25, 0.3) is 10.0 Å². The fraction of sp³-hybridized carbons (Fsp3) is 0.100. The number of aromatic amines is 1. The quantitative estimate of drug-likeness (QED) is 0.782. The minimum Gasteiger partial charge on any atom is -0.391 e. The van der Waals surface area contributed by atoms with Gasteiger partial charge in [0.1, 0.15) is 10.7 Å². The van der Waals surface area contributed by atoms with Gasteiger partial charge in [0.2, 0.25) is 0 Å². The third-order valence-corrected chi connectivity index (χ3v) is 3.75. The molecule has 0 bridgehead atoms. The van der Waals surface area contributed by atoms with Crippen LogP contribution in [-0.2, 0) is 16.6 Å². The van der Waals surface area contributed by atoms with Crippen molar-refractivity contribution in [2.45, 2.75) is 11.5 Å². The molecule has 0 aliphatic carbocycles. The molecule has 1 heterocycles. The zero-order valence-corrected chi connectivity index (χ0v) is 10.2. The molecule has 0 aliphatic heterocycles. The van der Waals surface area contributed by atoms with Crippen molar-refractivity contribution >= 4 is 15.7 Å². The van der Waals surface area contributed by atoms with Crippen molar-refractivity contribution in [3.05, 3.63) is 41.7 Å². The van der Waals surface area contributed by atoms with E-state index < -0.39 is 38.7 Å². The molecule has 6 nitrogen and oxygen atoms in total. The van der Waals surface area contributed by atoms with Crippen LogP contribution in [0.25, 0.3) is 0 Å². The van der Waals surface area contributed by atoms with Crippen LogP contribution < -0.4 is 4.72 Å². The maximum Gasteiger partial charge on any atom is 0.264 e. The number of H-pyrrole nitrogens is 1. The van der Waals surface area contributed by atoms with Gasteiger partial charge in [-0.2, -0.15) is 5.10 Å². The highest BCUT2D eigenvalue weighted by molar-refractivity contribution is 7.92. The van der Waals surface area contributed by atoms with Crippen LogP contribution >= 0.6 is 0 Å². The molecular formula is C10H9F2N3O3S. The van der Waals surface area contributed by atoms with Gasteiger partial charge in [-0.05, 0) is 12.1 Å². The number of aliphatic hydroxyl groups is 1. The van der Waals surface area contributed by atoms with Crippen LogP contribution in [0.4, 0.5) is 14.5 Å². The summed E-state index contributed by atoms with van der Waals surface area (Å²) in [5.41, 5.74) is -0.593. The number of anilines is 1. The number of benzene rings is 1. The number of aromatic nitrogens is 2. The summed E-state index contributed by atoms with van der Waals surface area (Å²) >= 11 is 0. The summed E-state index contributed by atoms with van der Waals surface area (Å²) in [7, 11) is -4.23. The molecule has 2 rings (SSSR count). The van der Waals surface area contributed by atoms with E-state index in [1.807, 2.05) is 0 Å². The number of nitrogens with one attached hydrogen (secondary N) is 2. The van der Waals surface area contributed by atoms with Crippen molar-refractivity contribution in [3.8, 4) is 0 Å². The van der Waals surface area contributed by atoms with Crippen molar-refractivity contribution in [2.24, 2.45) is 0 Å². The van der Waals surface area contributed by atoms with Gasteiger partial charge in [-0.1, -0.05) is 0 Å². The van der Waals surface area contributed by atoms with Crippen molar-refractivity contribution in [2.75, 3.05) is 4.72 Å². The molecule has 0 aliphatic rings. The average Bonchev–Trinajstić information content (AvgIpc) is 2.81. The Labute approximate surface area is 107 Å². The SMILES string of the molecule is O=S(=O)(Nc1cn[nH]c1)c1ccc(F)c(CO)c1F. The minimum atomic E-state index is -4.23. The molecule has 102 valence electrons. The van der Waals surface area contributed by atoms with E-state index in [0.717, 1.165) is 12.1 Å². The Morgan fingerprint density at radius 2 is 2.11 bits per heavy atom. The zero-order chi connectivity index (χ0) is 14.0. The fourth-order valence-corrected chi connectivity index (χ4v) is 2.58. The molecule has 0 atom stereocenters. The van der Waals surface area contributed by atoms with E-state index in [9.17, 15) is 17.2 Å². The van der Waals surface area contributed by atoms with Gasteiger partial charge in [0.05, 0.1) is 24.1 Å². The zero-order valence-electron chi connectivity index (χ0n) is 9.39. The van der Waals surface area contributed by atoms with Gasteiger partial charge in [0.15, 0.2) is 5.82 Å². The number of rotatable bonds is 4. The molecule has 2 aromatic rings. The molecule has 0 saturated carbocycles. The second kappa shape index (κ2) is 4.94. The lowest BCUT2D eigenvalue weighted by Gasteiger charge is -2.09. The molecule has 0 unspecified atom stereocenters. The van der Waals surface area contributed by atoms with Crippen LogP contribution in [0.2, 0.25) is 0 Å². The number of aliphatic hydroxyl groups excluding tert-OH is 1. The van der Waals surface area contributed by atoms with Crippen molar-refractivity contribution in [3.63, 3.8) is 0 Å². The summed E-state index contributed by atoms with van der Waals surface area (Å²) in [6.45, 7) is -0.938. The molecule has 3 N–H and O–H groups in total. The summed E-state index contributed by atoms with van der Waals surface area (Å²) < 4.78 is 52.8. The third kappa shape index (κ3) is 2.56. The summed E-state index contributed by atoms with van der Waals surface area (Å²) in [5.74, 6) is -2.33. The molecule has 1 aromatic heterocycles. The normalized spacial score (nSPS) is 11.5. The highest BCUT2D eigenvalue weighted by atomic mass is 32.2. The Balaban J connectivity index is 2.47. The number of halogens is 2. The molecule has 9 heteroatoms. The molecule has 0 radical (unpaired) electrons. The first kappa shape index (κ1) is 13.4. The lowest BCUT2D eigenvalue weighted by molar-refractivity contribution is 0.267. The predicted molar refractivity (Wildman–Crippen MR) is 61.7 cm³/mol. The maximum absolute atomic E-state index is 13.8. The second-order valence-electron chi connectivity index (χ2n) is 3.59. The van der Waals surface area contributed by atoms with Crippen LogP contribution in [0.5, 0.6) is 0 Å². The van der Waals surface area contributed by atoms with Crippen molar-refractivity contribution < 1.29 is 22.3 Å². The molecule has 19 heavy (non-hydrogen) atoms. The summed E-state index contributed by atoms with van der Waals surface area (Å²) in [4.78, 5) is -0.751. The average molecular weight is 289 g/mol. The van der Waals surface area contributed by atoms with Crippen LogP contribution in [-0.4, -0.2) is 23.7 Å². The van der Waals surface area contributed by atoms with E-state index >= 15 is 0 Å². The summed E-state index contributed by atoms with van der Waals surface area (Å²) in [6, 6.07) is 1.56. The number of sulfonamides is 1. The number of hydrogen-bond donors (Lipinski definition) is 3. The van der Waals surface area contributed by atoms with Gasteiger partial charge >= 0.3 is 0 Å². The topological polar surface area (TPSA) is 95.1 Å². The first-order valence-corrected chi connectivity index (χ1v) is 6.53. The first-order chi connectivity index (χ1) is 8.95. The minimum absolute atomic E-state index is 0.106. The smallest absolute Gasteiger partial charge is 0.264 e. The standard InChI is InChI=1S/C10H9F2N3O3S/c11-8-1-2-9(10(12)7(8)5-16)19(17,18)15-6-3-13-14-4-6/h1-4,15-16H,5H2,(H,13,14). The van der Waals surface area contributed by atoms with E-state index in [0.29, 0.717) is 0 Å². The summed E-state index contributed by atoms with van der Waals surface area (Å²) in [5, 5.41) is 14.7. The third-order valence-electron chi connectivity index (χ3n) is 2.35. The Bertz CT molecular complexity index is 686. The summed E-state index contributed by atoms with van der Waals surface area (Å²) in [6.07, 6.45) is 2.44. The van der Waals surface area contributed by atoms with Gasteiger partial charge in [-0.25, -0.2) is 17.2 Å². The number of nitrogens with zero attached hydrogens (tertiary/aromatic N) is 1. The molecule has 0 amide bonds. The van der Waals surface area contributed by atoms with Crippen LogP contribution in [0.15, 0.2) is 29.4 Å². The highest BCUT2D eigenvalue weighted by Gasteiger charge is 2.23. The first-order valence-electron chi connectivity index (χ1n) is 5.05. The van der Waals surface area contributed by atoms with E-state index in [4.69, 9.17) is 5.11 Å². The molecule has 1 aromatic carbocycles. The Hall–Kier alpha value is -2.00. The lowest BCUT2D eigenvalue weighted by Crippen LogP contribution is -2.15. The highest BCUT2D eigenvalue weighted by Crippen LogP contribution is 2.23. The predicted octanol–water partition coefficient (Wildman–Crippen LogP) is 0.981. The van der Waals surface area contributed by atoms with Crippen molar-refractivity contribution in [1.29, 1.82) is 0 Å². The fourth-order valence-electron chi connectivity index (χ4n) is 1.45. The van der Waals surface area contributed by atoms with Gasteiger partial charge in [-0.3, -0.25) is 9.82 Å². The number of hydrogen-bond acceptors (Lipinski definition) is 4. The lowest BCUT2D eigenvalue weighted by atomic mass is 10.2. The molecule has 0 spiro atoms. The molecule has 0 saturated heterocycles. The van der Waals surface area contributed by atoms with Gasteiger partial charge in [-0.15, -0.1) is 0 Å².